The zero-order valence-corrected chi connectivity index (χ0v) is 11.1. The molecular formula is C14H18ClNO. The summed E-state index contributed by atoms with van der Waals surface area (Å²) in [5.74, 6) is 0.587. The van der Waals surface area contributed by atoms with Crippen LogP contribution in [0, 0.1) is 5.92 Å². The fourth-order valence-corrected chi connectivity index (χ4v) is 2.67. The van der Waals surface area contributed by atoms with E-state index in [4.69, 9.17) is 11.6 Å². The van der Waals surface area contributed by atoms with Crippen LogP contribution in [0.2, 0.25) is 0 Å². The van der Waals surface area contributed by atoms with E-state index in [-0.39, 0.29) is 11.3 Å². The number of hydrogen-bond acceptors (Lipinski definition) is 1. The molecule has 0 saturated heterocycles. The van der Waals surface area contributed by atoms with Gasteiger partial charge in [-0.25, -0.2) is 0 Å². The Morgan fingerprint density at radius 3 is 2.88 bits per heavy atom. The molecule has 0 bridgehead atoms. The molecule has 2 rings (SSSR count). The van der Waals surface area contributed by atoms with Crippen LogP contribution in [-0.2, 0) is 6.42 Å². The fourth-order valence-electron chi connectivity index (χ4n) is 2.17. The first kappa shape index (κ1) is 12.4. The van der Waals surface area contributed by atoms with Crippen molar-refractivity contribution in [2.45, 2.75) is 32.1 Å². The van der Waals surface area contributed by atoms with Crippen LogP contribution in [0.5, 0.6) is 0 Å². The molecule has 1 unspecified atom stereocenters. The van der Waals surface area contributed by atoms with Crippen molar-refractivity contribution in [1.29, 1.82) is 0 Å². The number of benzene rings is 1. The van der Waals surface area contributed by atoms with E-state index in [1.165, 1.54) is 0 Å². The molecule has 1 atom stereocenters. The molecular weight excluding hydrogens is 234 g/mol. The van der Waals surface area contributed by atoms with Crippen molar-refractivity contribution in [2.24, 2.45) is 5.92 Å². The van der Waals surface area contributed by atoms with Crippen LogP contribution >= 0.6 is 11.6 Å². The molecule has 1 aliphatic heterocycles. The molecule has 92 valence electrons. The van der Waals surface area contributed by atoms with Gasteiger partial charge in [0.25, 0.3) is 5.91 Å². The van der Waals surface area contributed by atoms with Crippen LogP contribution < -0.4 is 5.32 Å². The van der Waals surface area contributed by atoms with Gasteiger partial charge >= 0.3 is 0 Å². The third kappa shape index (κ3) is 2.81. The van der Waals surface area contributed by atoms with Gasteiger partial charge in [-0.15, -0.1) is 11.6 Å². The van der Waals surface area contributed by atoms with E-state index in [1.54, 1.807) is 0 Å². The van der Waals surface area contributed by atoms with Crippen LogP contribution in [0.3, 0.4) is 0 Å². The smallest absolute Gasteiger partial charge is 0.251 e. The van der Waals surface area contributed by atoms with Gasteiger partial charge in [0.05, 0.1) is 5.38 Å². The molecule has 1 aromatic carbocycles. The molecule has 17 heavy (non-hydrogen) atoms. The standard InChI is InChI=1S/C14H18ClNO/c1-9(2)7-13(15)11-4-3-10-5-6-16-14(17)12(10)8-11/h3-4,8-9,13H,5-7H2,1-2H3,(H,16,17). The van der Waals surface area contributed by atoms with Crippen LogP contribution in [0.15, 0.2) is 18.2 Å². The first-order valence-corrected chi connectivity index (χ1v) is 6.56. The van der Waals surface area contributed by atoms with Crippen molar-refractivity contribution in [1.82, 2.24) is 5.32 Å². The summed E-state index contributed by atoms with van der Waals surface area (Å²) < 4.78 is 0. The zero-order chi connectivity index (χ0) is 12.4. The average molecular weight is 252 g/mol. The van der Waals surface area contributed by atoms with Gasteiger partial charge in [-0.1, -0.05) is 26.0 Å². The molecule has 0 aliphatic carbocycles. The van der Waals surface area contributed by atoms with Crippen molar-refractivity contribution in [3.63, 3.8) is 0 Å². The monoisotopic (exact) mass is 251 g/mol. The first-order chi connectivity index (χ1) is 8.08. The van der Waals surface area contributed by atoms with E-state index in [2.05, 4.69) is 25.2 Å². The van der Waals surface area contributed by atoms with Gasteiger partial charge in [0, 0.05) is 12.1 Å². The van der Waals surface area contributed by atoms with Gasteiger partial charge in [-0.05, 0) is 36.0 Å². The lowest BCUT2D eigenvalue weighted by Gasteiger charge is -2.19. The van der Waals surface area contributed by atoms with E-state index in [1.807, 2.05) is 12.1 Å². The van der Waals surface area contributed by atoms with Gasteiger partial charge in [-0.2, -0.15) is 0 Å². The number of halogens is 1. The number of amides is 1. The van der Waals surface area contributed by atoms with Crippen molar-refractivity contribution in [3.05, 3.63) is 34.9 Å². The third-order valence-electron chi connectivity index (χ3n) is 3.10. The third-order valence-corrected chi connectivity index (χ3v) is 3.53. The molecule has 1 N–H and O–H groups in total. The van der Waals surface area contributed by atoms with E-state index >= 15 is 0 Å². The SMILES string of the molecule is CC(C)CC(Cl)c1ccc2c(c1)C(=O)NCC2. The van der Waals surface area contributed by atoms with E-state index in [9.17, 15) is 4.79 Å². The second-order valence-electron chi connectivity index (χ2n) is 5.02. The number of fused-ring (bicyclic) bond motifs is 1. The summed E-state index contributed by atoms with van der Waals surface area (Å²) in [6, 6.07) is 6.04. The van der Waals surface area contributed by atoms with Crippen molar-refractivity contribution in [2.75, 3.05) is 6.54 Å². The number of nitrogens with one attached hydrogen (secondary N) is 1. The average Bonchev–Trinajstić information content (AvgIpc) is 2.28. The molecule has 0 fully saturated rings. The number of carbonyl (C=O) groups excluding carboxylic acids is 1. The molecule has 1 amide bonds. The van der Waals surface area contributed by atoms with Gasteiger partial charge in [0.1, 0.15) is 0 Å². The number of hydrogen-bond donors (Lipinski definition) is 1. The predicted octanol–water partition coefficient (Wildman–Crippen LogP) is 3.30. The molecule has 1 aliphatic rings. The van der Waals surface area contributed by atoms with Crippen LogP contribution in [0.4, 0.5) is 0 Å². The molecule has 0 saturated carbocycles. The molecule has 0 radical (unpaired) electrons. The van der Waals surface area contributed by atoms with Gasteiger partial charge in [-0.3, -0.25) is 4.79 Å². The predicted molar refractivity (Wildman–Crippen MR) is 70.5 cm³/mol. The maximum atomic E-state index is 11.7. The van der Waals surface area contributed by atoms with Crippen LogP contribution in [0.1, 0.15) is 47.1 Å². The maximum Gasteiger partial charge on any atom is 0.251 e. The Hall–Kier alpha value is -1.02. The first-order valence-electron chi connectivity index (χ1n) is 6.13. The van der Waals surface area contributed by atoms with Gasteiger partial charge in [0.2, 0.25) is 0 Å². The van der Waals surface area contributed by atoms with Crippen molar-refractivity contribution < 1.29 is 4.79 Å². The van der Waals surface area contributed by atoms with Crippen molar-refractivity contribution in [3.8, 4) is 0 Å². The van der Waals surface area contributed by atoms with Crippen LogP contribution in [0.25, 0.3) is 0 Å². The minimum absolute atomic E-state index is 0.00461. The fraction of sp³-hybridized carbons (Fsp3) is 0.500. The Morgan fingerprint density at radius 2 is 2.18 bits per heavy atom. The van der Waals surface area contributed by atoms with Gasteiger partial charge < -0.3 is 5.32 Å². The molecule has 1 aromatic rings. The quantitative estimate of drug-likeness (QED) is 0.821. The number of carbonyl (C=O) groups is 1. The Labute approximate surface area is 107 Å². The summed E-state index contributed by atoms with van der Waals surface area (Å²) in [6.45, 7) is 5.04. The Bertz CT molecular complexity index is 428. The van der Waals surface area contributed by atoms with E-state index in [0.29, 0.717) is 5.92 Å². The minimum atomic E-state index is -0.00461. The Kier molecular flexibility index (Phi) is 3.72. The highest BCUT2D eigenvalue weighted by Crippen LogP contribution is 2.29. The highest BCUT2D eigenvalue weighted by atomic mass is 35.5. The Balaban J connectivity index is 2.26. The number of alkyl halides is 1. The zero-order valence-electron chi connectivity index (χ0n) is 10.3. The van der Waals surface area contributed by atoms with Crippen LogP contribution in [-0.4, -0.2) is 12.5 Å². The molecule has 3 heteroatoms. The molecule has 2 nitrogen and oxygen atoms in total. The maximum absolute atomic E-state index is 11.7. The number of rotatable bonds is 3. The summed E-state index contributed by atoms with van der Waals surface area (Å²) >= 11 is 6.36. The summed E-state index contributed by atoms with van der Waals surface area (Å²) in [5.41, 5.74) is 2.98. The topological polar surface area (TPSA) is 29.1 Å². The molecule has 0 spiro atoms. The summed E-state index contributed by atoms with van der Waals surface area (Å²) in [6.07, 6.45) is 1.85. The van der Waals surface area contributed by atoms with Crippen molar-refractivity contribution >= 4 is 17.5 Å². The lowest BCUT2D eigenvalue weighted by Crippen LogP contribution is -2.31. The highest BCUT2D eigenvalue weighted by Gasteiger charge is 2.19. The summed E-state index contributed by atoms with van der Waals surface area (Å²) in [7, 11) is 0. The normalized spacial score (nSPS) is 16.6. The lowest BCUT2D eigenvalue weighted by molar-refractivity contribution is 0.0946. The second-order valence-corrected chi connectivity index (χ2v) is 5.55. The minimum Gasteiger partial charge on any atom is -0.352 e. The van der Waals surface area contributed by atoms with E-state index in [0.717, 1.165) is 36.1 Å². The highest BCUT2D eigenvalue weighted by molar-refractivity contribution is 6.20. The van der Waals surface area contributed by atoms with Gasteiger partial charge in [0.15, 0.2) is 0 Å². The largest absolute Gasteiger partial charge is 0.352 e. The summed E-state index contributed by atoms with van der Waals surface area (Å²) in [5, 5.41) is 2.86. The summed E-state index contributed by atoms with van der Waals surface area (Å²) in [4.78, 5) is 11.7. The second kappa shape index (κ2) is 5.09. The molecule has 0 aromatic heterocycles. The van der Waals surface area contributed by atoms with E-state index < -0.39 is 0 Å². The molecule has 1 heterocycles. The lowest BCUT2D eigenvalue weighted by atomic mass is 9.94. The Morgan fingerprint density at radius 1 is 1.41 bits per heavy atom.